The number of likely N-dealkylation sites (tertiary alicyclic amines) is 2. The molecular weight excluding hydrogens is 611 g/mol. The van der Waals surface area contributed by atoms with Crippen molar-refractivity contribution in [1.82, 2.24) is 19.6 Å². The molecule has 0 unspecified atom stereocenters. The Bertz CT molecular complexity index is 1670. The zero-order valence-electron chi connectivity index (χ0n) is 28.9. The molecule has 1 aromatic heterocycles. The Hall–Kier alpha value is -3.81. The molecule has 0 amide bonds. The number of carboxylic acid groups (broad SMARTS) is 1. The van der Waals surface area contributed by atoms with E-state index in [0.29, 0.717) is 12.5 Å². The van der Waals surface area contributed by atoms with Gasteiger partial charge >= 0.3 is 5.97 Å². The van der Waals surface area contributed by atoms with Crippen molar-refractivity contribution >= 4 is 5.97 Å². The lowest BCUT2D eigenvalue weighted by atomic mass is 9.83. The SMILES string of the molecule is CCn1nc(Cc2ccc(-c3ccccc3)cc2)cc1C1CCN(C[C@H]2CN([C@@H](C(=O)O)C3CCCCC3)C[C@@H]2c2cccc(F)c2)CC1. The molecule has 0 spiro atoms. The maximum atomic E-state index is 14.4. The monoisotopic (exact) mass is 662 g/mol. The molecule has 3 heterocycles. The molecule has 49 heavy (non-hydrogen) atoms. The Kier molecular flexibility index (Phi) is 10.6. The molecule has 2 aliphatic heterocycles. The standard InChI is InChI=1S/C42H51FN4O2/c1-2-47-40(26-38(44-47)24-30-16-18-32(19-17-30)31-10-5-3-6-11-31)33-20-22-45(23-21-33)27-36-28-46(29-39(36)35-14-9-15-37(43)25-35)41(42(48)49)34-12-7-4-8-13-34/h3,5-6,9-11,14-19,25-26,33-34,36,39,41H,2,4,7-8,12-13,20-24,27-29H2,1H3,(H,48,49)/t36-,39+,41+/m0/s1. The first-order chi connectivity index (χ1) is 23.9. The first-order valence-electron chi connectivity index (χ1n) is 18.6. The highest BCUT2D eigenvalue weighted by Gasteiger charge is 2.43. The minimum absolute atomic E-state index is 0.129. The summed E-state index contributed by atoms with van der Waals surface area (Å²) in [5, 5.41) is 15.4. The first-order valence-corrected chi connectivity index (χ1v) is 18.6. The molecule has 4 aromatic rings. The molecule has 3 fully saturated rings. The molecule has 6 nitrogen and oxygen atoms in total. The normalized spacial score (nSPS) is 22.0. The lowest BCUT2D eigenvalue weighted by Crippen LogP contribution is -2.46. The zero-order chi connectivity index (χ0) is 33.7. The summed E-state index contributed by atoms with van der Waals surface area (Å²) in [5.41, 5.74) is 7.21. The van der Waals surface area contributed by atoms with E-state index in [1.165, 1.54) is 34.9 Å². The second-order valence-corrected chi connectivity index (χ2v) is 14.7. The summed E-state index contributed by atoms with van der Waals surface area (Å²) in [4.78, 5) is 17.5. The number of rotatable bonds is 11. The quantitative estimate of drug-likeness (QED) is 0.175. The molecule has 7 heteroatoms. The van der Waals surface area contributed by atoms with Crippen LogP contribution in [0.15, 0.2) is 84.9 Å². The summed E-state index contributed by atoms with van der Waals surface area (Å²) in [6.45, 7) is 7.42. The molecule has 1 N–H and O–H groups in total. The van der Waals surface area contributed by atoms with Crippen LogP contribution >= 0.6 is 0 Å². The van der Waals surface area contributed by atoms with Crippen molar-refractivity contribution < 1.29 is 14.3 Å². The Balaban J connectivity index is 1.00. The predicted molar refractivity (Wildman–Crippen MR) is 193 cm³/mol. The second-order valence-electron chi connectivity index (χ2n) is 14.7. The number of halogens is 1. The minimum Gasteiger partial charge on any atom is -0.480 e. The third-order valence-electron chi connectivity index (χ3n) is 11.6. The van der Waals surface area contributed by atoms with Gasteiger partial charge in [-0.1, -0.05) is 86.0 Å². The molecule has 0 bridgehead atoms. The number of aryl methyl sites for hydroxylation is 1. The Morgan fingerprint density at radius 3 is 2.31 bits per heavy atom. The molecule has 1 saturated carbocycles. The number of aromatic nitrogens is 2. The smallest absolute Gasteiger partial charge is 0.321 e. The Morgan fingerprint density at radius 2 is 1.61 bits per heavy atom. The lowest BCUT2D eigenvalue weighted by Gasteiger charge is -2.35. The van der Waals surface area contributed by atoms with Crippen molar-refractivity contribution in [3.05, 3.63) is 113 Å². The largest absolute Gasteiger partial charge is 0.480 e. The van der Waals surface area contributed by atoms with Gasteiger partial charge in [-0.15, -0.1) is 0 Å². The second kappa shape index (κ2) is 15.4. The van der Waals surface area contributed by atoms with Gasteiger partial charge in [0.1, 0.15) is 11.9 Å². The van der Waals surface area contributed by atoms with E-state index in [1.807, 2.05) is 12.1 Å². The summed E-state index contributed by atoms with van der Waals surface area (Å²) in [5.74, 6) is 0.168. The average Bonchev–Trinajstić information content (AvgIpc) is 3.73. The molecule has 0 radical (unpaired) electrons. The van der Waals surface area contributed by atoms with Gasteiger partial charge in [-0.05, 0) is 98.0 Å². The third-order valence-corrected chi connectivity index (χ3v) is 11.6. The van der Waals surface area contributed by atoms with E-state index in [1.54, 1.807) is 12.1 Å². The topological polar surface area (TPSA) is 61.6 Å². The predicted octanol–water partition coefficient (Wildman–Crippen LogP) is 8.23. The fourth-order valence-corrected chi connectivity index (χ4v) is 9.09. The van der Waals surface area contributed by atoms with Crippen LogP contribution in [0.25, 0.3) is 11.1 Å². The van der Waals surface area contributed by atoms with Crippen LogP contribution in [-0.4, -0.2) is 69.4 Å². The van der Waals surface area contributed by atoms with Gasteiger partial charge in [-0.3, -0.25) is 14.4 Å². The number of aliphatic carboxylic acids is 1. The number of hydrogen-bond donors (Lipinski definition) is 1. The van der Waals surface area contributed by atoms with E-state index in [4.69, 9.17) is 5.10 Å². The number of carbonyl (C=O) groups is 1. The van der Waals surface area contributed by atoms with Crippen molar-refractivity contribution in [1.29, 1.82) is 0 Å². The zero-order valence-corrected chi connectivity index (χ0v) is 28.9. The highest BCUT2D eigenvalue weighted by molar-refractivity contribution is 5.74. The van der Waals surface area contributed by atoms with E-state index in [2.05, 4.69) is 76.0 Å². The van der Waals surface area contributed by atoms with Gasteiger partial charge in [0.15, 0.2) is 0 Å². The first kappa shape index (κ1) is 33.7. The van der Waals surface area contributed by atoms with Crippen molar-refractivity contribution in [3.63, 3.8) is 0 Å². The van der Waals surface area contributed by atoms with Gasteiger partial charge in [0.05, 0.1) is 5.69 Å². The van der Waals surface area contributed by atoms with Gasteiger partial charge < -0.3 is 10.0 Å². The highest BCUT2D eigenvalue weighted by Crippen LogP contribution is 2.39. The van der Waals surface area contributed by atoms with Crippen LogP contribution in [0.5, 0.6) is 0 Å². The van der Waals surface area contributed by atoms with Gasteiger partial charge in [-0.25, -0.2) is 4.39 Å². The summed E-state index contributed by atoms with van der Waals surface area (Å²) in [6.07, 6.45) is 8.42. The van der Waals surface area contributed by atoms with Crippen LogP contribution in [-0.2, 0) is 17.8 Å². The summed E-state index contributed by atoms with van der Waals surface area (Å²) >= 11 is 0. The molecule has 258 valence electrons. The van der Waals surface area contributed by atoms with Crippen LogP contribution < -0.4 is 0 Å². The van der Waals surface area contributed by atoms with E-state index < -0.39 is 12.0 Å². The summed E-state index contributed by atoms with van der Waals surface area (Å²) < 4.78 is 16.6. The summed E-state index contributed by atoms with van der Waals surface area (Å²) in [6, 6.07) is 28.3. The number of benzene rings is 3. The number of piperidine rings is 1. The van der Waals surface area contributed by atoms with Crippen LogP contribution in [0, 0.1) is 17.7 Å². The number of carboxylic acids is 1. The van der Waals surface area contributed by atoms with Crippen LogP contribution in [0.4, 0.5) is 4.39 Å². The molecule has 2 saturated heterocycles. The van der Waals surface area contributed by atoms with Crippen molar-refractivity contribution in [2.45, 2.75) is 82.7 Å². The van der Waals surface area contributed by atoms with Crippen molar-refractivity contribution in [3.8, 4) is 11.1 Å². The number of hydrogen-bond acceptors (Lipinski definition) is 4. The molecule has 3 aliphatic rings. The lowest BCUT2D eigenvalue weighted by molar-refractivity contribution is -0.145. The Morgan fingerprint density at radius 1 is 0.878 bits per heavy atom. The average molecular weight is 663 g/mol. The van der Waals surface area contributed by atoms with Crippen LogP contribution in [0.3, 0.4) is 0 Å². The molecule has 7 rings (SSSR count). The highest BCUT2D eigenvalue weighted by atomic mass is 19.1. The van der Waals surface area contributed by atoms with Crippen molar-refractivity contribution in [2.24, 2.45) is 11.8 Å². The van der Waals surface area contributed by atoms with Gasteiger partial charge in [0, 0.05) is 50.1 Å². The van der Waals surface area contributed by atoms with Crippen LogP contribution in [0.2, 0.25) is 0 Å². The van der Waals surface area contributed by atoms with Crippen LogP contribution in [0.1, 0.15) is 86.2 Å². The fourth-order valence-electron chi connectivity index (χ4n) is 9.09. The molecule has 1 aliphatic carbocycles. The molecule has 3 atom stereocenters. The molecular formula is C42H51FN4O2. The summed E-state index contributed by atoms with van der Waals surface area (Å²) in [7, 11) is 0. The van der Waals surface area contributed by atoms with E-state index in [9.17, 15) is 14.3 Å². The molecule has 3 aromatic carbocycles. The van der Waals surface area contributed by atoms with Crippen molar-refractivity contribution in [2.75, 3.05) is 32.7 Å². The third kappa shape index (κ3) is 7.84. The fraction of sp³-hybridized carbons (Fsp3) is 0.476. The minimum atomic E-state index is -0.692. The van der Waals surface area contributed by atoms with E-state index >= 15 is 0 Å². The van der Waals surface area contributed by atoms with Gasteiger partial charge in [0.2, 0.25) is 0 Å². The maximum absolute atomic E-state index is 14.4. The maximum Gasteiger partial charge on any atom is 0.321 e. The number of nitrogens with zero attached hydrogens (tertiary/aromatic N) is 4. The van der Waals surface area contributed by atoms with E-state index in [-0.39, 0.29) is 23.6 Å². The van der Waals surface area contributed by atoms with Gasteiger partial charge in [0.25, 0.3) is 0 Å². The Labute approximate surface area is 290 Å². The van der Waals surface area contributed by atoms with Gasteiger partial charge in [-0.2, -0.15) is 5.10 Å². The van der Waals surface area contributed by atoms with E-state index in [0.717, 1.165) is 88.9 Å².